The first-order chi connectivity index (χ1) is 9.16. The fourth-order valence-electron chi connectivity index (χ4n) is 2.91. The third-order valence-electron chi connectivity index (χ3n) is 4.08. The summed E-state index contributed by atoms with van der Waals surface area (Å²) in [6.07, 6.45) is 4.62. The summed E-state index contributed by atoms with van der Waals surface area (Å²) in [4.78, 5) is 7.62. The van der Waals surface area contributed by atoms with E-state index in [-0.39, 0.29) is 0 Å². The molecule has 1 aliphatic carbocycles. The summed E-state index contributed by atoms with van der Waals surface area (Å²) in [6, 6.07) is 2.73. The van der Waals surface area contributed by atoms with Crippen molar-refractivity contribution in [1.82, 2.24) is 4.98 Å². The molecule has 0 radical (unpaired) electrons. The summed E-state index contributed by atoms with van der Waals surface area (Å²) in [5, 5.41) is 0. The van der Waals surface area contributed by atoms with Gasteiger partial charge in [-0.2, -0.15) is 11.8 Å². The Balaban J connectivity index is 2.00. The lowest BCUT2D eigenvalue weighted by atomic mass is 10.1. The smallest absolute Gasteiger partial charge is 0.139 e. The normalized spacial score (nSPS) is 21.4. The molecule has 1 saturated heterocycles. The molecule has 0 spiro atoms. The number of thioether (sulfide) groups is 1. The summed E-state index contributed by atoms with van der Waals surface area (Å²) in [5.74, 6) is 3.40. The quantitative estimate of drug-likeness (QED) is 0.865. The molecule has 1 fully saturated rings. The van der Waals surface area contributed by atoms with Gasteiger partial charge < -0.3 is 10.6 Å². The number of thiocarbonyl (C=S) groups is 1. The van der Waals surface area contributed by atoms with Gasteiger partial charge in [-0.1, -0.05) is 12.2 Å². The van der Waals surface area contributed by atoms with Crippen LogP contribution < -0.4 is 10.6 Å². The molecule has 0 aromatic carbocycles. The van der Waals surface area contributed by atoms with Crippen molar-refractivity contribution in [1.29, 1.82) is 0 Å². The molecule has 3 rings (SSSR count). The maximum absolute atomic E-state index is 5.90. The Hall–Kier alpha value is -0.810. The van der Waals surface area contributed by atoms with Gasteiger partial charge in [-0.05, 0) is 43.1 Å². The molecule has 0 bridgehead atoms. The van der Waals surface area contributed by atoms with Crippen molar-refractivity contribution in [2.75, 3.05) is 23.5 Å². The molecule has 1 unspecified atom stereocenters. The average molecular weight is 293 g/mol. The van der Waals surface area contributed by atoms with Crippen LogP contribution in [-0.4, -0.2) is 34.6 Å². The maximum atomic E-state index is 5.90. The zero-order chi connectivity index (χ0) is 13.4. The van der Waals surface area contributed by atoms with E-state index in [1.165, 1.54) is 35.6 Å². The van der Waals surface area contributed by atoms with E-state index in [1.807, 2.05) is 11.8 Å². The van der Waals surface area contributed by atoms with Crippen LogP contribution in [0.2, 0.25) is 0 Å². The molecule has 5 heteroatoms. The van der Waals surface area contributed by atoms with Crippen molar-refractivity contribution in [2.24, 2.45) is 5.73 Å². The monoisotopic (exact) mass is 293 g/mol. The van der Waals surface area contributed by atoms with Gasteiger partial charge in [0.2, 0.25) is 0 Å². The standard InChI is InChI=1S/C14H19N3S2/c1-17(10-5-6-19-8-10)14-11(13(15)18)7-9-3-2-4-12(9)16-14/h7,10H,2-6,8H2,1H3,(H2,15,18). The first-order valence-corrected chi connectivity index (χ1v) is 8.36. The molecule has 2 N–H and O–H groups in total. The molecule has 1 aromatic rings. The van der Waals surface area contributed by atoms with Crippen molar-refractivity contribution >= 4 is 34.8 Å². The Morgan fingerprint density at radius 1 is 1.53 bits per heavy atom. The van der Waals surface area contributed by atoms with Gasteiger partial charge in [0.25, 0.3) is 0 Å². The zero-order valence-corrected chi connectivity index (χ0v) is 12.8. The highest BCUT2D eigenvalue weighted by molar-refractivity contribution is 7.99. The molecule has 2 aliphatic rings. The van der Waals surface area contributed by atoms with E-state index in [0.717, 1.165) is 24.2 Å². The minimum absolute atomic E-state index is 0.467. The van der Waals surface area contributed by atoms with Crippen LogP contribution in [0.5, 0.6) is 0 Å². The number of nitrogens with two attached hydrogens (primary N) is 1. The predicted molar refractivity (Wildman–Crippen MR) is 86.3 cm³/mol. The van der Waals surface area contributed by atoms with E-state index < -0.39 is 0 Å². The molecule has 1 aliphatic heterocycles. The summed E-state index contributed by atoms with van der Waals surface area (Å²) >= 11 is 7.23. The van der Waals surface area contributed by atoms with Gasteiger partial charge in [-0.15, -0.1) is 0 Å². The summed E-state index contributed by atoms with van der Waals surface area (Å²) in [7, 11) is 2.13. The number of fused-ring (bicyclic) bond motifs is 1. The molecule has 0 saturated carbocycles. The highest BCUT2D eigenvalue weighted by atomic mass is 32.2. The van der Waals surface area contributed by atoms with E-state index in [9.17, 15) is 0 Å². The molecule has 1 atom stereocenters. The van der Waals surface area contributed by atoms with Gasteiger partial charge >= 0.3 is 0 Å². The fraction of sp³-hybridized carbons (Fsp3) is 0.571. The number of rotatable bonds is 3. The van der Waals surface area contributed by atoms with Gasteiger partial charge in [0, 0.05) is 24.5 Å². The Morgan fingerprint density at radius 3 is 3.05 bits per heavy atom. The highest BCUT2D eigenvalue weighted by Crippen LogP contribution is 2.30. The third-order valence-corrected chi connectivity index (χ3v) is 5.45. The van der Waals surface area contributed by atoms with Gasteiger partial charge in [0.15, 0.2) is 0 Å². The van der Waals surface area contributed by atoms with Crippen molar-refractivity contribution in [2.45, 2.75) is 31.7 Å². The summed E-state index contributed by atoms with van der Waals surface area (Å²) in [6.45, 7) is 0. The molecule has 102 valence electrons. The number of aromatic nitrogens is 1. The number of hydrogen-bond acceptors (Lipinski definition) is 4. The molecule has 2 heterocycles. The summed E-state index contributed by atoms with van der Waals surface area (Å²) < 4.78 is 0. The van der Waals surface area contributed by atoms with E-state index in [0.29, 0.717) is 11.0 Å². The molecule has 3 nitrogen and oxygen atoms in total. The van der Waals surface area contributed by atoms with E-state index in [1.54, 1.807) is 0 Å². The van der Waals surface area contributed by atoms with E-state index in [2.05, 4.69) is 18.0 Å². The van der Waals surface area contributed by atoms with Crippen LogP contribution in [0.4, 0.5) is 5.82 Å². The number of anilines is 1. The van der Waals surface area contributed by atoms with Crippen LogP contribution >= 0.6 is 24.0 Å². The van der Waals surface area contributed by atoms with E-state index >= 15 is 0 Å². The Labute approximate surface area is 124 Å². The van der Waals surface area contributed by atoms with Crippen molar-refractivity contribution in [3.63, 3.8) is 0 Å². The van der Waals surface area contributed by atoms with Gasteiger partial charge in [-0.25, -0.2) is 4.98 Å². The lowest BCUT2D eigenvalue weighted by Gasteiger charge is -2.27. The number of hydrogen-bond donors (Lipinski definition) is 1. The van der Waals surface area contributed by atoms with Gasteiger partial charge in [0.05, 0.1) is 5.56 Å². The highest BCUT2D eigenvalue weighted by Gasteiger charge is 2.25. The van der Waals surface area contributed by atoms with Gasteiger partial charge in [0.1, 0.15) is 10.8 Å². The second-order valence-corrected chi connectivity index (χ2v) is 6.90. The second kappa shape index (κ2) is 5.29. The van der Waals surface area contributed by atoms with Crippen LogP contribution in [0.3, 0.4) is 0 Å². The van der Waals surface area contributed by atoms with Crippen LogP contribution in [0.25, 0.3) is 0 Å². The average Bonchev–Trinajstić information content (AvgIpc) is 3.06. The van der Waals surface area contributed by atoms with Gasteiger partial charge in [-0.3, -0.25) is 0 Å². The molecular formula is C14H19N3S2. The third kappa shape index (κ3) is 2.46. The van der Waals surface area contributed by atoms with Crippen LogP contribution in [0, 0.1) is 0 Å². The lowest BCUT2D eigenvalue weighted by Crippen LogP contribution is -2.34. The number of nitrogens with zero attached hydrogens (tertiary/aromatic N) is 2. The maximum Gasteiger partial charge on any atom is 0.139 e. The minimum Gasteiger partial charge on any atom is -0.389 e. The summed E-state index contributed by atoms with van der Waals surface area (Å²) in [5.41, 5.74) is 9.44. The predicted octanol–water partition coefficient (Wildman–Crippen LogP) is 2.15. The topological polar surface area (TPSA) is 42.2 Å². The van der Waals surface area contributed by atoms with Crippen molar-refractivity contribution in [3.8, 4) is 0 Å². The number of pyridine rings is 1. The second-order valence-electron chi connectivity index (χ2n) is 5.31. The van der Waals surface area contributed by atoms with Crippen LogP contribution in [-0.2, 0) is 12.8 Å². The van der Waals surface area contributed by atoms with E-state index in [4.69, 9.17) is 22.9 Å². The zero-order valence-electron chi connectivity index (χ0n) is 11.2. The molecule has 0 amide bonds. The Morgan fingerprint density at radius 2 is 2.37 bits per heavy atom. The molecular weight excluding hydrogens is 274 g/mol. The largest absolute Gasteiger partial charge is 0.389 e. The fourth-order valence-corrected chi connectivity index (χ4v) is 4.33. The molecule has 19 heavy (non-hydrogen) atoms. The number of aryl methyl sites for hydroxylation is 2. The Bertz CT molecular complexity index is 510. The van der Waals surface area contributed by atoms with Crippen molar-refractivity contribution in [3.05, 3.63) is 22.9 Å². The molecule has 1 aromatic heterocycles. The van der Waals surface area contributed by atoms with Crippen LogP contribution in [0.15, 0.2) is 6.07 Å². The lowest BCUT2D eigenvalue weighted by molar-refractivity contribution is 0.689. The van der Waals surface area contributed by atoms with Crippen LogP contribution in [0.1, 0.15) is 29.7 Å². The first-order valence-electron chi connectivity index (χ1n) is 6.80. The first kappa shape index (κ1) is 13.2. The SMILES string of the molecule is CN(c1nc2c(cc1C(N)=S)CCC2)C1CCSC1. The Kier molecular flexibility index (Phi) is 3.67. The van der Waals surface area contributed by atoms with Crippen molar-refractivity contribution < 1.29 is 0 Å². The minimum atomic E-state index is 0.467.